The molecule has 2 aliphatic rings. The zero-order valence-corrected chi connectivity index (χ0v) is 27.8. The maximum atomic E-state index is 13.3. The SMILES string of the molecule is COc1cc(C)c(S(=O)(=O)N(C)Cc2nnc(C(=O)N3CCN(CC4CCN(C(=O)C(F)(F)F)CC4)CC3)o2)c(C)c1.O=C(O)C(F)(F)F. The maximum absolute atomic E-state index is 13.3. The van der Waals surface area contributed by atoms with Crippen molar-refractivity contribution in [1.29, 1.82) is 0 Å². The first-order valence-electron chi connectivity index (χ1n) is 14.8. The number of amides is 2. The topological polar surface area (TPSA) is 167 Å². The van der Waals surface area contributed by atoms with Crippen LogP contribution in [0, 0.1) is 19.8 Å². The molecule has 0 saturated carbocycles. The Hall–Kier alpha value is -3.98. The summed E-state index contributed by atoms with van der Waals surface area (Å²) in [6, 6.07) is 3.28. The third kappa shape index (κ3) is 10.3. The zero-order chi connectivity index (χ0) is 36.9. The van der Waals surface area contributed by atoms with E-state index in [-0.39, 0.29) is 42.2 Å². The molecule has 21 heteroatoms. The molecule has 2 fully saturated rings. The Kier molecular flexibility index (Phi) is 12.6. The smallest absolute Gasteiger partial charge is 0.490 e. The Bertz CT molecular complexity index is 1580. The molecule has 4 rings (SSSR count). The lowest BCUT2D eigenvalue weighted by molar-refractivity contribution is -0.192. The fourth-order valence-corrected chi connectivity index (χ4v) is 6.93. The van der Waals surface area contributed by atoms with E-state index < -0.39 is 40.2 Å². The third-order valence-corrected chi connectivity index (χ3v) is 10.0. The van der Waals surface area contributed by atoms with E-state index in [2.05, 4.69) is 15.1 Å². The van der Waals surface area contributed by atoms with Gasteiger partial charge in [-0.05, 0) is 55.9 Å². The van der Waals surface area contributed by atoms with Crippen molar-refractivity contribution in [2.45, 2.75) is 50.5 Å². The van der Waals surface area contributed by atoms with Crippen LogP contribution in [0.3, 0.4) is 0 Å². The van der Waals surface area contributed by atoms with Gasteiger partial charge in [0.25, 0.3) is 0 Å². The number of piperidine rings is 1. The summed E-state index contributed by atoms with van der Waals surface area (Å²) < 4.78 is 108. The van der Waals surface area contributed by atoms with Gasteiger partial charge in [-0.3, -0.25) is 14.5 Å². The van der Waals surface area contributed by atoms with Crippen LogP contribution in [0.2, 0.25) is 0 Å². The summed E-state index contributed by atoms with van der Waals surface area (Å²) in [7, 11) is -1.01. The number of benzene rings is 1. The number of nitrogens with zero attached hydrogens (tertiary/aromatic N) is 6. The number of carbonyl (C=O) groups is 3. The number of carbonyl (C=O) groups excluding carboxylic acids is 2. The molecule has 1 N–H and O–H groups in total. The van der Waals surface area contributed by atoms with Gasteiger partial charge in [0.1, 0.15) is 5.75 Å². The minimum absolute atomic E-state index is 0.0257. The minimum atomic E-state index is -5.08. The van der Waals surface area contributed by atoms with Crippen molar-refractivity contribution in [2.75, 3.05) is 60.0 Å². The molecule has 2 saturated heterocycles. The zero-order valence-electron chi connectivity index (χ0n) is 27.0. The number of likely N-dealkylation sites (tertiary alicyclic amines) is 1. The highest BCUT2D eigenvalue weighted by atomic mass is 32.2. The summed E-state index contributed by atoms with van der Waals surface area (Å²) >= 11 is 0. The van der Waals surface area contributed by atoms with E-state index in [4.69, 9.17) is 19.1 Å². The van der Waals surface area contributed by atoms with Crippen LogP contribution >= 0.6 is 0 Å². The van der Waals surface area contributed by atoms with E-state index in [0.717, 1.165) is 9.21 Å². The molecule has 274 valence electrons. The monoisotopic (exact) mass is 730 g/mol. The second-order valence-corrected chi connectivity index (χ2v) is 13.5. The number of ether oxygens (including phenoxy) is 1. The molecule has 2 aromatic rings. The van der Waals surface area contributed by atoms with Crippen molar-refractivity contribution in [3.8, 4) is 5.75 Å². The fraction of sp³-hybridized carbons (Fsp3) is 0.607. The first-order chi connectivity index (χ1) is 22.6. The van der Waals surface area contributed by atoms with Gasteiger partial charge in [-0.15, -0.1) is 10.2 Å². The van der Waals surface area contributed by atoms with Crippen LogP contribution in [0.15, 0.2) is 21.4 Å². The number of alkyl halides is 6. The fourth-order valence-electron chi connectivity index (χ4n) is 5.40. The molecule has 14 nitrogen and oxygen atoms in total. The van der Waals surface area contributed by atoms with Gasteiger partial charge in [-0.25, -0.2) is 13.2 Å². The molecule has 1 aromatic heterocycles. The number of aromatic nitrogens is 2. The molecular weight excluding hydrogens is 694 g/mol. The number of hydrogen-bond donors (Lipinski definition) is 1. The largest absolute Gasteiger partial charge is 0.497 e. The minimum Gasteiger partial charge on any atom is -0.497 e. The van der Waals surface area contributed by atoms with E-state index in [1.807, 2.05) is 0 Å². The molecule has 0 bridgehead atoms. The third-order valence-electron chi connectivity index (χ3n) is 7.91. The van der Waals surface area contributed by atoms with E-state index in [1.165, 1.54) is 14.2 Å². The molecule has 0 spiro atoms. The predicted octanol–water partition coefficient (Wildman–Crippen LogP) is 2.71. The number of rotatable bonds is 8. The van der Waals surface area contributed by atoms with Crippen molar-refractivity contribution in [3.63, 3.8) is 0 Å². The van der Waals surface area contributed by atoms with Crippen LogP contribution in [0.4, 0.5) is 26.3 Å². The van der Waals surface area contributed by atoms with Gasteiger partial charge in [-0.1, -0.05) is 0 Å². The van der Waals surface area contributed by atoms with Gasteiger partial charge < -0.3 is 24.1 Å². The van der Waals surface area contributed by atoms with Gasteiger partial charge in [0.05, 0.1) is 18.6 Å². The van der Waals surface area contributed by atoms with Crippen LogP contribution in [0.1, 0.15) is 40.5 Å². The van der Waals surface area contributed by atoms with Crippen molar-refractivity contribution < 1.29 is 63.4 Å². The summed E-state index contributed by atoms with van der Waals surface area (Å²) in [5, 5.41) is 14.8. The highest BCUT2D eigenvalue weighted by molar-refractivity contribution is 7.89. The normalized spacial score (nSPS) is 16.7. The van der Waals surface area contributed by atoms with Gasteiger partial charge >= 0.3 is 36.0 Å². The molecule has 1 aromatic carbocycles. The summed E-state index contributed by atoms with van der Waals surface area (Å²) in [5.74, 6) is -4.54. The lowest BCUT2D eigenvalue weighted by atomic mass is 9.96. The second kappa shape index (κ2) is 15.7. The molecule has 0 atom stereocenters. The van der Waals surface area contributed by atoms with E-state index >= 15 is 0 Å². The molecule has 3 heterocycles. The number of aryl methyl sites for hydroxylation is 2. The van der Waals surface area contributed by atoms with Crippen molar-refractivity contribution in [1.82, 2.24) is 29.2 Å². The number of sulfonamides is 1. The number of aliphatic carboxylic acids is 1. The number of halogens is 6. The average Bonchev–Trinajstić information content (AvgIpc) is 3.48. The van der Waals surface area contributed by atoms with Crippen LogP contribution in [0.5, 0.6) is 5.75 Å². The Labute approximate surface area is 277 Å². The van der Waals surface area contributed by atoms with Crippen LogP contribution in [-0.2, 0) is 26.2 Å². The molecule has 49 heavy (non-hydrogen) atoms. The molecule has 2 amide bonds. The van der Waals surface area contributed by atoms with Gasteiger partial charge in [0.2, 0.25) is 15.9 Å². The number of carboxylic acid groups (broad SMARTS) is 1. The van der Waals surface area contributed by atoms with Crippen LogP contribution < -0.4 is 4.74 Å². The summed E-state index contributed by atoms with van der Waals surface area (Å²) in [6.07, 6.45) is -8.95. The number of piperazine rings is 1. The summed E-state index contributed by atoms with van der Waals surface area (Å²) in [4.78, 5) is 38.1. The summed E-state index contributed by atoms with van der Waals surface area (Å²) in [5.41, 5.74) is 1.06. The van der Waals surface area contributed by atoms with Crippen molar-refractivity contribution in [2.24, 2.45) is 5.92 Å². The highest BCUT2D eigenvalue weighted by Gasteiger charge is 2.43. The van der Waals surface area contributed by atoms with E-state index in [9.17, 15) is 44.3 Å². The Morgan fingerprint density at radius 2 is 1.47 bits per heavy atom. The lowest BCUT2D eigenvalue weighted by Crippen LogP contribution is -2.51. The highest BCUT2D eigenvalue weighted by Crippen LogP contribution is 2.29. The first-order valence-corrected chi connectivity index (χ1v) is 16.2. The van der Waals surface area contributed by atoms with Crippen molar-refractivity contribution >= 4 is 27.8 Å². The molecule has 0 unspecified atom stereocenters. The summed E-state index contributed by atoms with van der Waals surface area (Å²) in [6.45, 7) is 5.90. The van der Waals surface area contributed by atoms with Gasteiger partial charge in [0.15, 0.2) is 0 Å². The van der Waals surface area contributed by atoms with Crippen LogP contribution in [-0.4, -0.2) is 133 Å². The quantitative estimate of drug-likeness (QED) is 0.397. The Morgan fingerprint density at radius 1 is 0.939 bits per heavy atom. The number of hydrogen-bond acceptors (Lipinski definition) is 10. The Balaban J connectivity index is 0.000000838. The van der Waals surface area contributed by atoms with Crippen molar-refractivity contribution in [3.05, 3.63) is 35.0 Å². The molecule has 2 aliphatic heterocycles. The number of carboxylic acids is 1. The molecule has 0 radical (unpaired) electrons. The molecular formula is C28H36F6N6O8S. The standard InChI is InChI=1S/C26H35F3N6O6S.C2HF3O2/c1-17-13-20(40-4)14-18(2)22(17)42(38,39)32(3)16-21-30-31-23(41-21)24(36)34-11-9-33(10-12-34)15-19-5-7-35(8-6-19)25(37)26(27,28)29;3-2(4,5)1(6)7/h13-14,19H,5-12,15-16H2,1-4H3;(H,6,7). The second-order valence-electron chi connectivity index (χ2n) is 11.5. The van der Waals surface area contributed by atoms with Gasteiger partial charge in [0, 0.05) is 52.9 Å². The predicted molar refractivity (Wildman–Crippen MR) is 157 cm³/mol. The maximum Gasteiger partial charge on any atom is 0.490 e. The molecule has 0 aliphatic carbocycles. The van der Waals surface area contributed by atoms with E-state index in [0.29, 0.717) is 62.4 Å². The lowest BCUT2D eigenvalue weighted by Gasteiger charge is -2.38. The van der Waals surface area contributed by atoms with Gasteiger partial charge in [-0.2, -0.15) is 30.6 Å². The first kappa shape index (κ1) is 39.5. The Morgan fingerprint density at radius 3 is 1.94 bits per heavy atom. The average molecular weight is 731 g/mol. The van der Waals surface area contributed by atoms with E-state index in [1.54, 1.807) is 30.9 Å². The number of methoxy groups -OCH3 is 1. The van der Waals surface area contributed by atoms with Crippen LogP contribution in [0.25, 0.3) is 0 Å².